The summed E-state index contributed by atoms with van der Waals surface area (Å²) < 4.78 is 16.5. The molecule has 0 fully saturated rings. The van der Waals surface area contributed by atoms with E-state index >= 15 is 0 Å². The summed E-state index contributed by atoms with van der Waals surface area (Å²) in [7, 11) is 0. The molecule has 1 amide bonds. The highest BCUT2D eigenvalue weighted by molar-refractivity contribution is 5.94. The zero-order valence-electron chi connectivity index (χ0n) is 19.1. The maximum absolute atomic E-state index is 14.4. The third-order valence-electron chi connectivity index (χ3n) is 5.79. The molecule has 4 aromatic rings. The van der Waals surface area contributed by atoms with Crippen LogP contribution in [-0.2, 0) is 19.6 Å². The van der Waals surface area contributed by atoms with E-state index in [1.54, 1.807) is 35.6 Å². The van der Waals surface area contributed by atoms with Crippen LogP contribution in [-0.4, -0.2) is 25.3 Å². The van der Waals surface area contributed by atoms with Gasteiger partial charge in [-0.15, -0.1) is 0 Å². The second-order valence-electron chi connectivity index (χ2n) is 8.35. The molecule has 0 saturated carbocycles. The minimum atomic E-state index is -0.534. The smallest absolute Gasteiger partial charge is 0.257 e. The van der Waals surface area contributed by atoms with Crippen LogP contribution in [0.5, 0.6) is 0 Å². The molecule has 5 nitrogen and oxygen atoms in total. The number of hydrogen-bond donors (Lipinski definition) is 0. The number of aryl methyl sites for hydroxylation is 3. The highest BCUT2D eigenvalue weighted by Gasteiger charge is 2.22. The van der Waals surface area contributed by atoms with E-state index in [0.717, 1.165) is 11.4 Å². The number of carbonyl (C=O) groups excluding carboxylic acids is 1. The molecule has 0 aliphatic heterocycles. The summed E-state index contributed by atoms with van der Waals surface area (Å²) in [6.07, 6.45) is 7.06. The van der Waals surface area contributed by atoms with Crippen molar-refractivity contribution in [3.05, 3.63) is 118 Å². The molecule has 33 heavy (non-hydrogen) atoms. The molecule has 0 spiro atoms. The van der Waals surface area contributed by atoms with Gasteiger partial charge in [0, 0.05) is 37.9 Å². The molecule has 4 rings (SSSR count). The number of amides is 1. The Bertz CT molecular complexity index is 1240. The molecule has 2 aromatic heterocycles. The molecule has 0 atom stereocenters. The van der Waals surface area contributed by atoms with Crippen LogP contribution >= 0.6 is 0 Å². The lowest BCUT2D eigenvalue weighted by molar-refractivity contribution is 0.0719. The first kappa shape index (κ1) is 22.4. The van der Waals surface area contributed by atoms with Gasteiger partial charge in [-0.3, -0.25) is 9.78 Å². The number of rotatable bonds is 7. The van der Waals surface area contributed by atoms with Crippen LogP contribution in [0.3, 0.4) is 0 Å². The molecule has 0 N–H and O–H groups in total. The zero-order valence-corrected chi connectivity index (χ0v) is 19.1. The van der Waals surface area contributed by atoms with E-state index in [2.05, 4.69) is 47.4 Å². The second kappa shape index (κ2) is 9.77. The van der Waals surface area contributed by atoms with Crippen LogP contribution in [0, 0.1) is 26.6 Å². The monoisotopic (exact) mass is 442 g/mol. The van der Waals surface area contributed by atoms with Crippen molar-refractivity contribution in [2.75, 3.05) is 0 Å². The third kappa shape index (κ3) is 5.17. The lowest BCUT2D eigenvalue weighted by Gasteiger charge is -2.24. The topological polar surface area (TPSA) is 51.0 Å². The summed E-state index contributed by atoms with van der Waals surface area (Å²) in [5.41, 5.74) is 5.83. The Balaban J connectivity index is 1.64. The number of carbonyl (C=O) groups is 1. The van der Waals surface area contributed by atoms with Gasteiger partial charge < -0.3 is 9.47 Å². The Morgan fingerprint density at radius 1 is 1.00 bits per heavy atom. The molecule has 0 radical (unpaired) electrons. The highest BCUT2D eigenvalue weighted by atomic mass is 19.1. The molecule has 0 unspecified atom stereocenters. The molecule has 6 heteroatoms. The SMILES string of the molecule is Cc1cc(C)c(Cn2ccnc2CN(Cc2cccnc2)C(=O)c2ccccc2F)c(C)c1. The molecule has 168 valence electrons. The van der Waals surface area contributed by atoms with E-state index in [9.17, 15) is 9.18 Å². The molecule has 0 saturated heterocycles. The van der Waals surface area contributed by atoms with E-state index in [4.69, 9.17) is 0 Å². The summed E-state index contributed by atoms with van der Waals surface area (Å²) in [6, 6.07) is 14.1. The number of nitrogens with zero attached hydrogens (tertiary/aromatic N) is 4. The maximum Gasteiger partial charge on any atom is 0.257 e. The van der Waals surface area contributed by atoms with Crippen molar-refractivity contribution in [3.63, 3.8) is 0 Å². The third-order valence-corrected chi connectivity index (χ3v) is 5.79. The summed E-state index contributed by atoms with van der Waals surface area (Å²) in [6.45, 7) is 7.53. The van der Waals surface area contributed by atoms with Gasteiger partial charge in [0.15, 0.2) is 0 Å². The van der Waals surface area contributed by atoms with Crippen LogP contribution in [0.25, 0.3) is 0 Å². The first-order valence-electron chi connectivity index (χ1n) is 10.9. The Morgan fingerprint density at radius 3 is 2.45 bits per heavy atom. The fourth-order valence-electron chi connectivity index (χ4n) is 4.15. The van der Waals surface area contributed by atoms with Crippen molar-refractivity contribution < 1.29 is 9.18 Å². The minimum absolute atomic E-state index is 0.0460. The van der Waals surface area contributed by atoms with Crippen LogP contribution < -0.4 is 0 Å². The number of pyridine rings is 1. The lowest BCUT2D eigenvalue weighted by atomic mass is 10.00. The van der Waals surface area contributed by atoms with Gasteiger partial charge >= 0.3 is 0 Å². The highest BCUT2D eigenvalue weighted by Crippen LogP contribution is 2.20. The first-order valence-corrected chi connectivity index (χ1v) is 10.9. The Hall–Kier alpha value is -3.80. The lowest BCUT2D eigenvalue weighted by Crippen LogP contribution is -2.32. The fraction of sp³-hybridized carbons (Fsp3) is 0.222. The second-order valence-corrected chi connectivity index (χ2v) is 8.35. The van der Waals surface area contributed by atoms with Gasteiger partial charge in [-0.1, -0.05) is 35.9 Å². The van der Waals surface area contributed by atoms with Gasteiger partial charge in [0.25, 0.3) is 5.91 Å². The van der Waals surface area contributed by atoms with E-state index in [1.165, 1.54) is 34.4 Å². The van der Waals surface area contributed by atoms with Crippen LogP contribution in [0.4, 0.5) is 4.39 Å². The normalized spacial score (nSPS) is 10.9. The standard InChI is InChI=1S/C27H27FN4O/c1-19-13-20(2)24(21(3)14-19)17-31-12-11-30-26(31)18-32(16-22-7-6-10-29-15-22)27(33)23-8-4-5-9-25(23)28/h4-15H,16-18H2,1-3H3. The van der Waals surface area contributed by atoms with Crippen molar-refractivity contribution in [2.45, 2.75) is 40.4 Å². The largest absolute Gasteiger partial charge is 0.329 e. The van der Waals surface area contributed by atoms with Gasteiger partial charge in [-0.2, -0.15) is 0 Å². The zero-order chi connectivity index (χ0) is 23.4. The van der Waals surface area contributed by atoms with E-state index < -0.39 is 5.82 Å². The molecule has 0 aliphatic rings. The Labute approximate surface area is 193 Å². The molecule has 0 bridgehead atoms. The summed E-state index contributed by atoms with van der Waals surface area (Å²) in [5.74, 6) is -0.176. The Kier molecular flexibility index (Phi) is 6.63. The van der Waals surface area contributed by atoms with Crippen molar-refractivity contribution in [3.8, 4) is 0 Å². The fourth-order valence-corrected chi connectivity index (χ4v) is 4.15. The average Bonchev–Trinajstić information content (AvgIpc) is 3.23. The number of benzene rings is 2. The molecular weight excluding hydrogens is 415 g/mol. The minimum Gasteiger partial charge on any atom is -0.329 e. The van der Waals surface area contributed by atoms with Crippen molar-refractivity contribution in [2.24, 2.45) is 0 Å². The van der Waals surface area contributed by atoms with Gasteiger partial charge in [0.05, 0.1) is 12.1 Å². The van der Waals surface area contributed by atoms with Crippen LogP contribution in [0.2, 0.25) is 0 Å². The van der Waals surface area contributed by atoms with Gasteiger partial charge in [-0.25, -0.2) is 9.37 Å². The Morgan fingerprint density at radius 2 is 1.76 bits per heavy atom. The number of imidazole rings is 1. The quantitative estimate of drug-likeness (QED) is 0.394. The van der Waals surface area contributed by atoms with Gasteiger partial charge in [0.2, 0.25) is 0 Å². The van der Waals surface area contributed by atoms with Crippen LogP contribution in [0.1, 0.15) is 44.0 Å². The summed E-state index contributed by atoms with van der Waals surface area (Å²) in [5, 5.41) is 0. The summed E-state index contributed by atoms with van der Waals surface area (Å²) in [4.78, 5) is 23.6. The van der Waals surface area contributed by atoms with Crippen molar-refractivity contribution in [1.82, 2.24) is 19.4 Å². The van der Waals surface area contributed by atoms with Gasteiger partial charge in [0.1, 0.15) is 11.6 Å². The molecular formula is C27H27FN4O. The van der Waals surface area contributed by atoms with Crippen molar-refractivity contribution >= 4 is 5.91 Å². The van der Waals surface area contributed by atoms with E-state index in [0.29, 0.717) is 13.1 Å². The summed E-state index contributed by atoms with van der Waals surface area (Å²) >= 11 is 0. The van der Waals surface area contributed by atoms with Gasteiger partial charge in [-0.05, 0) is 61.2 Å². The van der Waals surface area contributed by atoms with E-state index in [-0.39, 0.29) is 18.0 Å². The number of aromatic nitrogens is 3. The molecule has 2 heterocycles. The molecule has 2 aromatic carbocycles. The number of halogens is 1. The average molecular weight is 443 g/mol. The maximum atomic E-state index is 14.4. The predicted molar refractivity (Wildman–Crippen MR) is 126 cm³/mol. The van der Waals surface area contributed by atoms with Crippen LogP contribution in [0.15, 0.2) is 73.3 Å². The predicted octanol–water partition coefficient (Wildman–Crippen LogP) is 5.23. The van der Waals surface area contributed by atoms with E-state index in [1.807, 2.05) is 18.3 Å². The van der Waals surface area contributed by atoms with Crippen molar-refractivity contribution in [1.29, 1.82) is 0 Å². The first-order chi connectivity index (χ1) is 15.9. The number of hydrogen-bond acceptors (Lipinski definition) is 3. The molecule has 0 aliphatic carbocycles.